The molecule has 0 saturated heterocycles. The molecule has 2 rings (SSSR count). The number of H-pyrrole nitrogens is 1. The molecule has 0 fully saturated rings. The van der Waals surface area contributed by atoms with Crippen molar-refractivity contribution in [1.29, 1.82) is 0 Å². The minimum Gasteiger partial charge on any atom is -0.197 e. The maximum absolute atomic E-state index is 5.82. The highest BCUT2D eigenvalue weighted by Gasteiger charge is 2.06. The highest BCUT2D eigenvalue weighted by Crippen LogP contribution is 2.24. The average Bonchev–Trinajstić information content (AvgIpc) is 2.72. The minimum atomic E-state index is 0.635. The van der Waals surface area contributed by atoms with Crippen molar-refractivity contribution >= 4 is 34.9 Å². The van der Waals surface area contributed by atoms with Crippen LogP contribution in [0.4, 0.5) is 0 Å². The molecule has 2 aromatic heterocycles. The van der Waals surface area contributed by atoms with Crippen molar-refractivity contribution in [2.75, 3.05) is 0 Å². The molecule has 1 N–H and O–H groups in total. The van der Waals surface area contributed by atoms with Gasteiger partial charge in [0.1, 0.15) is 15.1 Å². The number of nitrogens with one attached hydrogen (secondary N) is 1. The van der Waals surface area contributed by atoms with Crippen molar-refractivity contribution < 1.29 is 0 Å². The highest BCUT2D eigenvalue weighted by molar-refractivity contribution is 7.98. The van der Waals surface area contributed by atoms with Crippen LogP contribution >= 0.6 is 34.9 Å². The largest absolute Gasteiger partial charge is 0.197 e. The zero-order chi connectivity index (χ0) is 9.10. The lowest BCUT2D eigenvalue weighted by molar-refractivity contribution is 0.910. The number of halogens is 1. The Morgan fingerprint density at radius 1 is 1.62 bits per heavy atom. The van der Waals surface area contributed by atoms with Gasteiger partial charge in [-0.3, -0.25) is 0 Å². The summed E-state index contributed by atoms with van der Waals surface area (Å²) >= 11 is 8.52. The molecular weight excluding hydrogens is 230 g/mol. The van der Waals surface area contributed by atoms with E-state index in [-0.39, 0.29) is 0 Å². The molecular formula is C5H4ClN5S2. The Balaban J connectivity index is 1.97. The number of thioether (sulfide) groups is 1. The van der Waals surface area contributed by atoms with Crippen LogP contribution in [0.1, 0.15) is 5.69 Å². The summed E-state index contributed by atoms with van der Waals surface area (Å²) in [6, 6.07) is 0. The van der Waals surface area contributed by atoms with Crippen LogP contribution in [0.15, 0.2) is 11.2 Å². The van der Waals surface area contributed by atoms with Crippen LogP contribution in [0, 0.1) is 0 Å². The Bertz CT molecular complexity index is 372. The number of hydrogen-bond donors (Lipinski definition) is 1. The smallest absolute Gasteiger partial charge is 0.139 e. The number of aromatic amines is 1. The maximum atomic E-state index is 5.82. The van der Waals surface area contributed by atoms with Crippen molar-refractivity contribution in [2.24, 2.45) is 0 Å². The molecule has 0 unspecified atom stereocenters. The van der Waals surface area contributed by atoms with E-state index in [4.69, 9.17) is 11.6 Å². The van der Waals surface area contributed by atoms with Crippen LogP contribution in [0.5, 0.6) is 0 Å². The van der Waals surface area contributed by atoms with E-state index in [9.17, 15) is 0 Å². The van der Waals surface area contributed by atoms with Gasteiger partial charge in [-0.2, -0.15) is 10.3 Å². The van der Waals surface area contributed by atoms with Gasteiger partial charge < -0.3 is 0 Å². The number of rotatable bonds is 3. The first-order chi connectivity index (χ1) is 6.36. The minimum absolute atomic E-state index is 0.635. The normalized spacial score (nSPS) is 10.5. The fourth-order valence-corrected chi connectivity index (χ4v) is 2.20. The second kappa shape index (κ2) is 4.03. The summed E-state index contributed by atoms with van der Waals surface area (Å²) in [5.41, 5.74) is 0.791. The quantitative estimate of drug-likeness (QED) is 0.816. The molecule has 0 aliphatic carbocycles. The third-order valence-corrected chi connectivity index (χ3v) is 3.15. The van der Waals surface area contributed by atoms with Gasteiger partial charge in [0.15, 0.2) is 0 Å². The number of nitrogens with zero attached hydrogens (tertiary/aromatic N) is 4. The molecule has 5 nitrogen and oxygen atoms in total. The summed E-state index contributed by atoms with van der Waals surface area (Å²) in [4.78, 5) is 0. The Hall–Kier alpha value is -0.660. The van der Waals surface area contributed by atoms with Crippen LogP contribution in [-0.2, 0) is 5.75 Å². The SMILES string of the molecule is Clc1snnc1CSc1cn[nH]n1. The van der Waals surface area contributed by atoms with Gasteiger partial charge in [0, 0.05) is 17.3 Å². The van der Waals surface area contributed by atoms with Crippen LogP contribution in [0.3, 0.4) is 0 Å². The molecule has 0 aliphatic heterocycles. The molecule has 0 aliphatic rings. The van der Waals surface area contributed by atoms with Crippen LogP contribution < -0.4 is 0 Å². The van der Waals surface area contributed by atoms with E-state index < -0.39 is 0 Å². The number of hydrogen-bond acceptors (Lipinski definition) is 6. The lowest BCUT2D eigenvalue weighted by atomic mass is 10.6. The summed E-state index contributed by atoms with van der Waals surface area (Å²) < 4.78 is 4.36. The summed E-state index contributed by atoms with van der Waals surface area (Å²) in [7, 11) is 0. The second-order valence-corrected chi connectivity index (χ2v) is 4.44. The standard InChI is InChI=1S/C5H4ClN5S2/c6-5-3(8-11-13-5)2-12-4-1-7-10-9-4/h1H,2H2,(H,7,9,10). The molecule has 0 bridgehead atoms. The first-order valence-electron chi connectivity index (χ1n) is 3.31. The highest BCUT2D eigenvalue weighted by atomic mass is 35.5. The third kappa shape index (κ3) is 2.17. The Morgan fingerprint density at radius 2 is 2.54 bits per heavy atom. The van der Waals surface area contributed by atoms with Gasteiger partial charge >= 0.3 is 0 Å². The fraction of sp³-hybridized carbons (Fsp3) is 0.200. The maximum Gasteiger partial charge on any atom is 0.139 e. The van der Waals surface area contributed by atoms with Gasteiger partial charge in [0.2, 0.25) is 0 Å². The summed E-state index contributed by atoms with van der Waals surface area (Å²) in [5, 5.41) is 14.8. The summed E-state index contributed by atoms with van der Waals surface area (Å²) in [5.74, 6) is 0.669. The molecule has 13 heavy (non-hydrogen) atoms. The van der Waals surface area contributed by atoms with Crippen LogP contribution in [-0.4, -0.2) is 25.0 Å². The van der Waals surface area contributed by atoms with Gasteiger partial charge in [-0.1, -0.05) is 27.9 Å². The van der Waals surface area contributed by atoms with Crippen LogP contribution in [0.25, 0.3) is 0 Å². The van der Waals surface area contributed by atoms with E-state index in [1.54, 1.807) is 6.20 Å². The van der Waals surface area contributed by atoms with Crippen molar-refractivity contribution in [3.05, 3.63) is 16.2 Å². The van der Waals surface area contributed by atoms with Gasteiger partial charge in [0.25, 0.3) is 0 Å². The monoisotopic (exact) mass is 233 g/mol. The van der Waals surface area contributed by atoms with Crippen molar-refractivity contribution in [3.63, 3.8) is 0 Å². The van der Waals surface area contributed by atoms with Gasteiger partial charge in [0.05, 0.1) is 6.20 Å². The van der Waals surface area contributed by atoms with Gasteiger partial charge in [-0.15, -0.1) is 10.2 Å². The Kier molecular flexibility index (Phi) is 2.77. The van der Waals surface area contributed by atoms with E-state index in [2.05, 4.69) is 25.0 Å². The first-order valence-corrected chi connectivity index (χ1v) is 5.45. The molecule has 0 spiro atoms. The topological polar surface area (TPSA) is 67.3 Å². The number of aromatic nitrogens is 5. The van der Waals surface area contributed by atoms with Gasteiger partial charge in [-0.25, -0.2) is 0 Å². The van der Waals surface area contributed by atoms with E-state index in [1.165, 1.54) is 23.3 Å². The van der Waals surface area contributed by atoms with E-state index in [1.807, 2.05) is 0 Å². The lowest BCUT2D eigenvalue weighted by Gasteiger charge is -1.91. The Morgan fingerprint density at radius 3 is 3.15 bits per heavy atom. The predicted molar refractivity (Wildman–Crippen MR) is 50.9 cm³/mol. The molecule has 0 saturated carbocycles. The summed E-state index contributed by atoms with van der Waals surface area (Å²) in [6.07, 6.45) is 1.65. The first kappa shape index (κ1) is 8.92. The zero-order valence-corrected chi connectivity index (χ0v) is 8.66. The molecule has 2 aromatic rings. The lowest BCUT2D eigenvalue weighted by Crippen LogP contribution is -1.82. The van der Waals surface area contributed by atoms with E-state index in [0.717, 1.165) is 10.7 Å². The zero-order valence-electron chi connectivity index (χ0n) is 6.27. The predicted octanol–water partition coefficient (Wildman–Crippen LogP) is 1.60. The fourth-order valence-electron chi connectivity index (χ4n) is 0.686. The average molecular weight is 234 g/mol. The molecule has 0 amide bonds. The van der Waals surface area contributed by atoms with Crippen molar-refractivity contribution in [1.82, 2.24) is 25.0 Å². The van der Waals surface area contributed by atoms with Gasteiger partial charge in [-0.05, 0) is 0 Å². The Labute approximate surface area is 87.1 Å². The molecule has 0 radical (unpaired) electrons. The van der Waals surface area contributed by atoms with Crippen LogP contribution in [0.2, 0.25) is 4.34 Å². The molecule has 0 atom stereocenters. The molecule has 8 heteroatoms. The second-order valence-electron chi connectivity index (χ2n) is 2.09. The molecule has 2 heterocycles. The summed E-state index contributed by atoms with van der Waals surface area (Å²) in [6.45, 7) is 0. The van der Waals surface area contributed by atoms with Crippen molar-refractivity contribution in [3.8, 4) is 0 Å². The molecule has 68 valence electrons. The van der Waals surface area contributed by atoms with Crippen molar-refractivity contribution in [2.45, 2.75) is 10.8 Å². The molecule has 0 aromatic carbocycles. The van der Waals surface area contributed by atoms with E-state index in [0.29, 0.717) is 10.1 Å². The van der Waals surface area contributed by atoms with E-state index >= 15 is 0 Å². The third-order valence-electron chi connectivity index (χ3n) is 1.26.